The number of hydrogen-bond acceptors (Lipinski definition) is 9. The lowest BCUT2D eigenvalue weighted by Gasteiger charge is -2.47. The van der Waals surface area contributed by atoms with Crippen LogP contribution in [0.4, 0.5) is 8.78 Å². The second-order valence-corrected chi connectivity index (χ2v) is 8.68. The number of hydroxylamine groups is 2. The molecule has 2 aromatic heterocycles. The number of ether oxygens (including phenoxy) is 1. The summed E-state index contributed by atoms with van der Waals surface area (Å²) in [5, 5.41) is 0.982. The minimum Gasteiger partial charge on any atom is -0.495 e. The summed E-state index contributed by atoms with van der Waals surface area (Å²) in [7, 11) is 1.56. The fourth-order valence-electron chi connectivity index (χ4n) is 4.87. The van der Waals surface area contributed by atoms with Gasteiger partial charge in [0.25, 0.3) is 5.92 Å². The molecule has 2 aliphatic heterocycles. The van der Waals surface area contributed by atoms with Gasteiger partial charge in [0.05, 0.1) is 19.9 Å². The van der Waals surface area contributed by atoms with Crippen LogP contribution in [0.5, 0.6) is 5.75 Å². The van der Waals surface area contributed by atoms with Crippen LogP contribution < -0.4 is 10.5 Å². The Morgan fingerprint density at radius 2 is 1.83 bits per heavy atom. The molecule has 0 radical (unpaired) electrons. The van der Waals surface area contributed by atoms with Crippen LogP contribution in [-0.4, -0.2) is 64.1 Å². The van der Waals surface area contributed by atoms with Gasteiger partial charge in [-0.3, -0.25) is 14.8 Å². The van der Waals surface area contributed by atoms with Crippen LogP contribution in [0.1, 0.15) is 18.1 Å². The van der Waals surface area contributed by atoms with E-state index in [1.165, 1.54) is 11.8 Å². The summed E-state index contributed by atoms with van der Waals surface area (Å²) in [4.78, 5) is 31.7. The molecule has 11 heteroatoms. The number of nitrogens with zero attached hydrogens (tertiary/aromatic N) is 5. The number of alkyl halides is 2. The van der Waals surface area contributed by atoms with E-state index in [1.807, 2.05) is 30.3 Å². The number of hydrogen-bond donors (Lipinski definition) is 1. The molecule has 4 heterocycles. The molecule has 36 heavy (non-hydrogen) atoms. The predicted molar refractivity (Wildman–Crippen MR) is 127 cm³/mol. The number of pyridine rings is 2. The molecule has 0 saturated carbocycles. The van der Waals surface area contributed by atoms with Crippen molar-refractivity contribution in [2.45, 2.75) is 24.6 Å². The molecule has 2 unspecified atom stereocenters. The highest BCUT2D eigenvalue weighted by Gasteiger charge is 2.60. The molecule has 1 saturated heterocycles. The molecule has 2 N–H and O–H groups in total. The largest absolute Gasteiger partial charge is 0.495 e. The third kappa shape index (κ3) is 4.01. The Labute approximate surface area is 206 Å². The van der Waals surface area contributed by atoms with E-state index < -0.39 is 36.7 Å². The zero-order valence-electron chi connectivity index (χ0n) is 19.6. The van der Waals surface area contributed by atoms with Crippen LogP contribution in [0.2, 0.25) is 0 Å². The highest BCUT2D eigenvalue weighted by atomic mass is 19.3. The number of aliphatic imine (C=N–C) groups is 1. The quantitative estimate of drug-likeness (QED) is 0.577. The van der Waals surface area contributed by atoms with Gasteiger partial charge in [-0.25, -0.2) is 13.8 Å². The molecule has 0 spiro atoms. The third-order valence-electron chi connectivity index (χ3n) is 6.27. The van der Waals surface area contributed by atoms with E-state index in [1.54, 1.807) is 44.0 Å². The van der Waals surface area contributed by atoms with Crippen molar-refractivity contribution in [3.63, 3.8) is 0 Å². The van der Waals surface area contributed by atoms with Crippen LogP contribution in [0, 0.1) is 0 Å². The molecule has 1 aromatic carbocycles. The zero-order chi connectivity index (χ0) is 25.5. The first-order valence-corrected chi connectivity index (χ1v) is 11.2. The number of halogens is 2. The molecule has 1 fully saturated rings. The average molecular weight is 495 g/mol. The van der Waals surface area contributed by atoms with Crippen molar-refractivity contribution in [2.75, 3.05) is 20.2 Å². The average Bonchev–Trinajstić information content (AvgIpc) is 3.16. The highest BCUT2D eigenvalue weighted by molar-refractivity contribution is 5.83. The zero-order valence-corrected chi connectivity index (χ0v) is 19.6. The van der Waals surface area contributed by atoms with Crippen LogP contribution in [0.3, 0.4) is 0 Å². The number of carbonyl (C=O) groups is 1. The van der Waals surface area contributed by atoms with Gasteiger partial charge in [-0.2, -0.15) is 0 Å². The number of nitrogens with two attached hydrogens (primary N) is 1. The van der Waals surface area contributed by atoms with E-state index in [9.17, 15) is 13.6 Å². The van der Waals surface area contributed by atoms with Gasteiger partial charge in [-0.05, 0) is 41.0 Å². The number of carbonyl (C=O) groups excluding carboxylic acids is 1. The molecule has 186 valence electrons. The highest BCUT2D eigenvalue weighted by Crippen LogP contribution is 2.48. The smallest absolute Gasteiger partial charge is 0.322 e. The lowest BCUT2D eigenvalue weighted by molar-refractivity contribution is -0.263. The number of guanidine groups is 1. The summed E-state index contributed by atoms with van der Waals surface area (Å²) < 4.78 is 34.7. The Morgan fingerprint density at radius 1 is 1.06 bits per heavy atom. The molecule has 5 rings (SSSR count). The van der Waals surface area contributed by atoms with E-state index in [0.29, 0.717) is 16.9 Å². The van der Waals surface area contributed by atoms with Gasteiger partial charge >= 0.3 is 5.97 Å². The minimum absolute atomic E-state index is 0.0817. The maximum Gasteiger partial charge on any atom is 0.322 e. The SMILES string of the molecule is COc1cncc(-c2cccc(C3(c4ccncc4)N=C(N)N4CC(F)(F)CN(OC(C)=O)C43)c2)c1. The first-order chi connectivity index (χ1) is 17.2. The lowest BCUT2D eigenvalue weighted by atomic mass is 9.79. The molecule has 3 aromatic rings. The molecule has 0 aliphatic carbocycles. The summed E-state index contributed by atoms with van der Waals surface area (Å²) in [5.41, 5.74) is 7.88. The van der Waals surface area contributed by atoms with Crippen LogP contribution in [0.25, 0.3) is 11.1 Å². The maximum absolute atomic E-state index is 14.7. The summed E-state index contributed by atoms with van der Waals surface area (Å²) in [6.45, 7) is -0.305. The van der Waals surface area contributed by atoms with Crippen molar-refractivity contribution >= 4 is 11.9 Å². The van der Waals surface area contributed by atoms with Crippen molar-refractivity contribution in [1.29, 1.82) is 0 Å². The summed E-state index contributed by atoms with van der Waals surface area (Å²) in [5.74, 6) is -3.40. The fourth-order valence-corrected chi connectivity index (χ4v) is 4.87. The lowest BCUT2D eigenvalue weighted by Crippen LogP contribution is -2.66. The summed E-state index contributed by atoms with van der Waals surface area (Å²) >= 11 is 0. The van der Waals surface area contributed by atoms with Gasteiger partial charge in [-0.15, -0.1) is 5.06 Å². The maximum atomic E-state index is 14.7. The van der Waals surface area contributed by atoms with Gasteiger partial charge in [0, 0.05) is 31.1 Å². The topological polar surface area (TPSA) is 106 Å². The standard InChI is InChI=1S/C25H24F2N6O3/c1-16(34)36-33-15-24(26,27)14-32-22(33)25(31-23(32)28,19-6-8-29-9-7-19)20-5-3-4-17(10-20)18-11-21(35-2)13-30-12-18/h3-13,22H,14-15H2,1-2H3,(H2,28,31). The van der Waals surface area contributed by atoms with Crippen molar-refractivity contribution in [1.82, 2.24) is 19.9 Å². The Hall–Kier alpha value is -4.12. The fraction of sp³-hybridized carbons (Fsp3) is 0.280. The molecule has 0 bridgehead atoms. The third-order valence-corrected chi connectivity index (χ3v) is 6.27. The number of aromatic nitrogens is 2. The number of rotatable bonds is 5. The second-order valence-electron chi connectivity index (χ2n) is 8.68. The normalized spacial score (nSPS) is 23.1. The van der Waals surface area contributed by atoms with E-state index in [4.69, 9.17) is 20.3 Å². The van der Waals surface area contributed by atoms with Gasteiger partial charge in [0.2, 0.25) is 0 Å². The van der Waals surface area contributed by atoms with Gasteiger partial charge in [0.1, 0.15) is 12.3 Å². The Bertz CT molecular complexity index is 1320. The van der Waals surface area contributed by atoms with Gasteiger partial charge < -0.3 is 20.2 Å². The van der Waals surface area contributed by atoms with Crippen molar-refractivity contribution < 1.29 is 23.1 Å². The van der Waals surface area contributed by atoms with Gasteiger partial charge in [0.15, 0.2) is 17.7 Å². The molecular weight excluding hydrogens is 470 g/mol. The Kier molecular flexibility index (Phi) is 5.79. The van der Waals surface area contributed by atoms with E-state index in [-0.39, 0.29) is 5.96 Å². The summed E-state index contributed by atoms with van der Waals surface area (Å²) in [6, 6.07) is 12.8. The first kappa shape index (κ1) is 23.6. The molecule has 2 atom stereocenters. The molecule has 2 aliphatic rings. The van der Waals surface area contributed by atoms with Crippen LogP contribution >= 0.6 is 0 Å². The Morgan fingerprint density at radius 3 is 2.56 bits per heavy atom. The Balaban J connectivity index is 1.72. The van der Waals surface area contributed by atoms with Crippen molar-refractivity contribution in [3.05, 3.63) is 78.4 Å². The van der Waals surface area contributed by atoms with Crippen molar-refractivity contribution in [3.8, 4) is 16.9 Å². The second kappa shape index (κ2) is 8.83. The number of methoxy groups -OCH3 is 1. The van der Waals surface area contributed by atoms with Gasteiger partial charge in [-0.1, -0.05) is 18.2 Å². The molecule has 0 amide bonds. The first-order valence-electron chi connectivity index (χ1n) is 11.2. The van der Waals surface area contributed by atoms with E-state index in [0.717, 1.165) is 16.2 Å². The van der Waals surface area contributed by atoms with Crippen LogP contribution in [0.15, 0.2) is 72.2 Å². The van der Waals surface area contributed by atoms with E-state index >= 15 is 0 Å². The predicted octanol–water partition coefficient (Wildman–Crippen LogP) is 2.78. The minimum atomic E-state index is -3.19. The molecular formula is C25H24F2N6O3. The van der Waals surface area contributed by atoms with Crippen LogP contribution in [-0.2, 0) is 15.2 Å². The monoisotopic (exact) mass is 494 g/mol. The molecule has 9 nitrogen and oxygen atoms in total. The van der Waals surface area contributed by atoms with E-state index in [2.05, 4.69) is 9.97 Å². The number of fused-ring (bicyclic) bond motifs is 1. The summed E-state index contributed by atoms with van der Waals surface area (Å²) in [6.07, 6.45) is 5.53. The number of benzene rings is 1. The van der Waals surface area contributed by atoms with Crippen molar-refractivity contribution in [2.24, 2.45) is 10.7 Å².